The van der Waals surface area contributed by atoms with E-state index in [1.165, 1.54) is 86.2 Å². The number of anilines is 3. The van der Waals surface area contributed by atoms with Crippen molar-refractivity contribution in [3.8, 4) is 22.3 Å². The first-order chi connectivity index (χ1) is 29.3. The Morgan fingerprint density at radius 2 is 0.949 bits per heavy atom. The second-order valence-electron chi connectivity index (χ2n) is 15.6. The van der Waals surface area contributed by atoms with Gasteiger partial charge < -0.3 is 4.90 Å². The molecule has 10 aromatic carbocycles. The van der Waals surface area contributed by atoms with Crippen LogP contribution in [-0.2, 0) is 5.41 Å². The molecule has 0 saturated carbocycles. The Labute approximate surface area is 347 Å². The Hall–Kier alpha value is -7.26. The highest BCUT2D eigenvalue weighted by Gasteiger charge is 2.47. The minimum absolute atomic E-state index is 0.506. The molecule has 0 N–H and O–H groups in total. The lowest BCUT2D eigenvalue weighted by Crippen LogP contribution is -2.28. The molecule has 11 aromatic rings. The van der Waals surface area contributed by atoms with E-state index in [1.54, 1.807) is 0 Å². The lowest BCUT2D eigenvalue weighted by Gasteiger charge is -2.34. The number of thiophene rings is 1. The average Bonchev–Trinajstić information content (AvgIpc) is 3.85. The zero-order valence-electron chi connectivity index (χ0n) is 32.2. The Bertz CT molecular complexity index is 3340. The lowest BCUT2D eigenvalue weighted by atomic mass is 9.68. The largest absolute Gasteiger partial charge is 0.309 e. The van der Waals surface area contributed by atoms with Crippen molar-refractivity contribution in [1.29, 1.82) is 0 Å². The number of benzene rings is 10. The zero-order valence-corrected chi connectivity index (χ0v) is 33.0. The predicted octanol–water partition coefficient (Wildman–Crippen LogP) is 15.9. The van der Waals surface area contributed by atoms with Crippen LogP contribution in [0.2, 0.25) is 0 Å². The summed E-state index contributed by atoms with van der Waals surface area (Å²) >= 11 is 1.88. The summed E-state index contributed by atoms with van der Waals surface area (Å²) in [4.78, 5) is 2.53. The summed E-state index contributed by atoms with van der Waals surface area (Å²) in [5.41, 5.74) is 13.0. The molecule has 0 amide bonds. The third-order valence-corrected chi connectivity index (χ3v) is 13.8. The van der Waals surface area contributed by atoms with E-state index in [-0.39, 0.29) is 0 Å². The van der Waals surface area contributed by atoms with Gasteiger partial charge >= 0.3 is 0 Å². The Morgan fingerprint density at radius 3 is 1.76 bits per heavy atom. The third-order valence-electron chi connectivity index (χ3n) is 12.5. The van der Waals surface area contributed by atoms with E-state index in [9.17, 15) is 0 Å². The van der Waals surface area contributed by atoms with Gasteiger partial charge in [0.2, 0.25) is 0 Å². The average molecular weight is 768 g/mol. The molecule has 0 unspecified atom stereocenters. The molecular weight excluding hydrogens is 731 g/mol. The summed E-state index contributed by atoms with van der Waals surface area (Å²) in [7, 11) is 0. The molecule has 1 aromatic heterocycles. The van der Waals surface area contributed by atoms with E-state index in [0.29, 0.717) is 0 Å². The number of hydrogen-bond donors (Lipinski definition) is 0. The minimum Gasteiger partial charge on any atom is -0.309 e. The maximum Gasteiger partial charge on any atom is 0.0714 e. The van der Waals surface area contributed by atoms with Crippen LogP contribution in [0.15, 0.2) is 224 Å². The van der Waals surface area contributed by atoms with Crippen molar-refractivity contribution in [3.63, 3.8) is 0 Å². The van der Waals surface area contributed by atoms with Crippen molar-refractivity contribution in [3.05, 3.63) is 247 Å². The summed E-state index contributed by atoms with van der Waals surface area (Å²) in [6.07, 6.45) is 0. The van der Waals surface area contributed by atoms with E-state index < -0.39 is 5.41 Å². The van der Waals surface area contributed by atoms with Crippen LogP contribution in [0.25, 0.3) is 64.0 Å². The van der Waals surface area contributed by atoms with Crippen molar-refractivity contribution in [1.82, 2.24) is 0 Å². The molecular formula is C57H37NS. The molecule has 0 bridgehead atoms. The van der Waals surface area contributed by atoms with Crippen molar-refractivity contribution in [2.45, 2.75) is 5.41 Å². The summed E-state index contributed by atoms with van der Waals surface area (Å²) in [6.45, 7) is 0. The second-order valence-corrected chi connectivity index (χ2v) is 16.6. The van der Waals surface area contributed by atoms with Gasteiger partial charge in [-0.3, -0.25) is 0 Å². The molecule has 1 aliphatic rings. The maximum atomic E-state index is 2.53. The first-order valence-corrected chi connectivity index (χ1v) is 21.2. The van der Waals surface area contributed by atoms with Crippen LogP contribution >= 0.6 is 11.3 Å². The number of fused-ring (bicyclic) bond motifs is 9. The van der Waals surface area contributed by atoms with Gasteiger partial charge in [0.25, 0.3) is 0 Å². The summed E-state index contributed by atoms with van der Waals surface area (Å²) in [5.74, 6) is 0. The molecule has 2 heteroatoms. The third kappa shape index (κ3) is 5.03. The van der Waals surface area contributed by atoms with Crippen molar-refractivity contribution in [2.75, 3.05) is 4.90 Å². The Kier molecular flexibility index (Phi) is 7.69. The van der Waals surface area contributed by atoms with Crippen LogP contribution in [0.5, 0.6) is 0 Å². The first kappa shape index (κ1) is 33.8. The second kappa shape index (κ2) is 13.4. The van der Waals surface area contributed by atoms with Gasteiger partial charge in [0.1, 0.15) is 0 Å². The van der Waals surface area contributed by atoms with Crippen molar-refractivity contribution >= 4 is 70.1 Å². The summed E-state index contributed by atoms with van der Waals surface area (Å²) in [6, 6.07) is 83.1. The van der Waals surface area contributed by atoms with Crippen LogP contribution < -0.4 is 4.90 Å². The van der Waals surface area contributed by atoms with Gasteiger partial charge in [0.05, 0.1) is 16.8 Å². The molecule has 1 nitrogen and oxygen atoms in total. The molecule has 0 radical (unpaired) electrons. The zero-order chi connectivity index (χ0) is 38.9. The van der Waals surface area contributed by atoms with Crippen molar-refractivity contribution in [2.24, 2.45) is 0 Å². The molecule has 0 fully saturated rings. The van der Waals surface area contributed by atoms with E-state index in [0.717, 1.165) is 17.1 Å². The van der Waals surface area contributed by atoms with Crippen LogP contribution in [0.1, 0.15) is 22.3 Å². The molecule has 0 atom stereocenters. The maximum absolute atomic E-state index is 2.53. The topological polar surface area (TPSA) is 3.24 Å². The summed E-state index contributed by atoms with van der Waals surface area (Å²) in [5, 5.41) is 7.57. The van der Waals surface area contributed by atoms with E-state index in [4.69, 9.17) is 0 Å². The standard InChI is InChI=1S/C57H37NS/c1-3-18-41(19-4-1)57(42-20-5-2-6-21-42)49-27-11-9-24-48(49)55-50(57)28-15-30-52(55)58(51-29-13-17-40-33-32-38-16-7-8-22-44(38)54(40)51)43-36-34-39(35-37-43)45-25-14-26-47-46-23-10-12-31-53(46)59-56(45)47/h1-37H. The molecule has 59 heavy (non-hydrogen) atoms. The highest BCUT2D eigenvalue weighted by atomic mass is 32.1. The predicted molar refractivity (Wildman–Crippen MR) is 252 cm³/mol. The normalized spacial score (nSPS) is 12.9. The molecule has 0 aliphatic heterocycles. The van der Waals surface area contributed by atoms with Crippen LogP contribution in [-0.4, -0.2) is 0 Å². The van der Waals surface area contributed by atoms with E-state index in [1.807, 2.05) is 11.3 Å². The van der Waals surface area contributed by atoms with Gasteiger partial charge in [0.15, 0.2) is 0 Å². The quantitative estimate of drug-likeness (QED) is 0.152. The van der Waals surface area contributed by atoms with Gasteiger partial charge in [-0.1, -0.05) is 194 Å². The van der Waals surface area contributed by atoms with Crippen molar-refractivity contribution < 1.29 is 0 Å². The molecule has 1 aliphatic carbocycles. The molecule has 1 heterocycles. The Morgan fingerprint density at radius 1 is 0.373 bits per heavy atom. The molecule has 276 valence electrons. The fraction of sp³-hybridized carbons (Fsp3) is 0.0175. The van der Waals surface area contributed by atoms with Gasteiger partial charge in [-0.15, -0.1) is 11.3 Å². The van der Waals surface area contributed by atoms with Gasteiger partial charge in [-0.2, -0.15) is 0 Å². The fourth-order valence-corrected chi connectivity index (χ4v) is 11.3. The molecule has 12 rings (SSSR count). The van der Waals surface area contributed by atoms with Crippen LogP contribution in [0, 0.1) is 0 Å². The van der Waals surface area contributed by atoms with Gasteiger partial charge in [-0.25, -0.2) is 0 Å². The highest BCUT2D eigenvalue weighted by Crippen LogP contribution is 2.60. The number of rotatable bonds is 6. The fourth-order valence-electron chi connectivity index (χ4n) is 10.1. The lowest BCUT2D eigenvalue weighted by molar-refractivity contribution is 0.768. The minimum atomic E-state index is -0.506. The monoisotopic (exact) mass is 767 g/mol. The van der Waals surface area contributed by atoms with E-state index >= 15 is 0 Å². The van der Waals surface area contributed by atoms with E-state index in [2.05, 4.69) is 229 Å². The smallest absolute Gasteiger partial charge is 0.0714 e. The van der Waals surface area contributed by atoms with Crippen LogP contribution in [0.4, 0.5) is 17.1 Å². The number of nitrogens with zero attached hydrogens (tertiary/aromatic N) is 1. The highest BCUT2D eigenvalue weighted by molar-refractivity contribution is 7.26. The molecule has 0 spiro atoms. The van der Waals surface area contributed by atoms with Gasteiger partial charge in [-0.05, 0) is 85.4 Å². The van der Waals surface area contributed by atoms with Crippen LogP contribution in [0.3, 0.4) is 0 Å². The summed E-state index contributed by atoms with van der Waals surface area (Å²) < 4.78 is 2.65. The SMILES string of the molecule is c1ccc(C2(c3ccccc3)c3ccccc3-c3c(N(c4ccc(-c5cccc6c5sc5ccccc56)cc4)c4cccc5ccc6ccccc6c45)cccc32)cc1. The Balaban J connectivity index is 1.14. The number of hydrogen-bond acceptors (Lipinski definition) is 2. The van der Waals surface area contributed by atoms with Gasteiger partial charge in [0, 0.05) is 36.8 Å². The molecule has 0 saturated heterocycles. The first-order valence-electron chi connectivity index (χ1n) is 20.3.